The third-order valence-corrected chi connectivity index (χ3v) is 4.68. The molecule has 0 saturated carbocycles. The topological polar surface area (TPSA) is 83.4 Å². The molecule has 3 aromatic rings. The van der Waals surface area contributed by atoms with Crippen LogP contribution in [-0.2, 0) is 9.59 Å². The van der Waals surface area contributed by atoms with E-state index in [1.54, 1.807) is 48.7 Å². The molecule has 138 valence electrons. The Balaban J connectivity index is 1.94. The van der Waals surface area contributed by atoms with E-state index < -0.39 is 17.7 Å². The third kappa shape index (κ3) is 2.95. The fraction of sp³-hybridized carbons (Fsp3) is 0.0909. The van der Waals surface area contributed by atoms with Crippen LogP contribution in [0, 0.1) is 6.92 Å². The van der Waals surface area contributed by atoms with Gasteiger partial charge in [0.15, 0.2) is 0 Å². The number of anilines is 1. The fourth-order valence-corrected chi connectivity index (χ4v) is 3.29. The first kappa shape index (κ1) is 17.6. The Morgan fingerprint density at radius 3 is 2.32 bits per heavy atom. The van der Waals surface area contributed by atoms with Crippen molar-refractivity contribution in [1.82, 2.24) is 9.97 Å². The summed E-state index contributed by atoms with van der Waals surface area (Å²) in [5.74, 6) is -1.69. The molecule has 1 aromatic carbocycles. The lowest BCUT2D eigenvalue weighted by atomic mass is 9.98. The van der Waals surface area contributed by atoms with Gasteiger partial charge in [0.05, 0.1) is 11.3 Å². The molecule has 1 unspecified atom stereocenters. The average Bonchev–Trinajstić information content (AvgIpc) is 3.00. The van der Waals surface area contributed by atoms with Gasteiger partial charge in [-0.2, -0.15) is 0 Å². The van der Waals surface area contributed by atoms with Crippen LogP contribution >= 0.6 is 0 Å². The molecule has 2 aromatic heterocycles. The number of aliphatic hydroxyl groups is 1. The zero-order valence-corrected chi connectivity index (χ0v) is 15.1. The first-order valence-electron chi connectivity index (χ1n) is 8.77. The third-order valence-electron chi connectivity index (χ3n) is 4.68. The lowest BCUT2D eigenvalue weighted by molar-refractivity contribution is -0.132. The van der Waals surface area contributed by atoms with Crippen LogP contribution in [-0.4, -0.2) is 26.8 Å². The number of benzene rings is 1. The molecule has 0 bridgehead atoms. The normalized spacial score (nSPS) is 18.5. The standard InChI is InChI=1S/C22H17N3O3/c1-14-5-7-16(8-6-14)25-19(17-4-2-3-11-24-17)18(21(27)22(25)28)20(26)15-9-12-23-13-10-15/h2-13,19,26H,1H3/b20-18-. The first-order chi connectivity index (χ1) is 13.6. The van der Waals surface area contributed by atoms with E-state index in [9.17, 15) is 14.7 Å². The number of amides is 1. The number of ketones is 1. The summed E-state index contributed by atoms with van der Waals surface area (Å²) in [5.41, 5.74) is 2.52. The average molecular weight is 371 g/mol. The second kappa shape index (κ2) is 7.08. The molecular formula is C22H17N3O3. The van der Waals surface area contributed by atoms with Crippen LogP contribution in [0.1, 0.15) is 22.9 Å². The largest absolute Gasteiger partial charge is 0.507 e. The van der Waals surface area contributed by atoms with Crippen molar-refractivity contribution in [2.75, 3.05) is 4.90 Å². The monoisotopic (exact) mass is 371 g/mol. The molecule has 0 spiro atoms. The van der Waals surface area contributed by atoms with Crippen LogP contribution < -0.4 is 4.90 Å². The summed E-state index contributed by atoms with van der Waals surface area (Å²) >= 11 is 0. The minimum absolute atomic E-state index is 0.00970. The Labute approximate surface area is 161 Å². The lowest BCUT2D eigenvalue weighted by Gasteiger charge is -2.24. The van der Waals surface area contributed by atoms with Crippen molar-refractivity contribution in [2.24, 2.45) is 0 Å². The van der Waals surface area contributed by atoms with E-state index in [0.29, 0.717) is 16.9 Å². The van der Waals surface area contributed by atoms with E-state index >= 15 is 0 Å². The highest BCUT2D eigenvalue weighted by Crippen LogP contribution is 2.41. The van der Waals surface area contributed by atoms with Crippen LogP contribution in [0.5, 0.6) is 0 Å². The maximum atomic E-state index is 12.9. The number of hydrogen-bond acceptors (Lipinski definition) is 5. The summed E-state index contributed by atoms with van der Waals surface area (Å²) in [7, 11) is 0. The quantitative estimate of drug-likeness (QED) is 0.433. The number of pyridine rings is 2. The maximum Gasteiger partial charge on any atom is 0.300 e. The van der Waals surface area contributed by atoms with Gasteiger partial charge in [0.1, 0.15) is 11.8 Å². The molecule has 0 radical (unpaired) electrons. The predicted octanol–water partition coefficient (Wildman–Crippen LogP) is 3.41. The molecule has 6 heteroatoms. The number of aryl methyl sites for hydroxylation is 1. The van der Waals surface area contributed by atoms with Crippen molar-refractivity contribution in [3.8, 4) is 0 Å². The molecule has 1 fully saturated rings. The van der Waals surface area contributed by atoms with Gasteiger partial charge in [-0.3, -0.25) is 24.5 Å². The number of rotatable bonds is 3. The van der Waals surface area contributed by atoms with Gasteiger partial charge in [0, 0.05) is 29.8 Å². The highest BCUT2D eigenvalue weighted by molar-refractivity contribution is 6.51. The molecule has 1 aliphatic heterocycles. The zero-order chi connectivity index (χ0) is 19.7. The Kier molecular flexibility index (Phi) is 4.45. The SMILES string of the molecule is Cc1ccc(N2C(=O)C(=O)/C(=C(\O)c3ccncc3)C2c2ccccn2)cc1. The summed E-state index contributed by atoms with van der Waals surface area (Å²) in [6.07, 6.45) is 4.62. The Morgan fingerprint density at radius 2 is 1.68 bits per heavy atom. The first-order valence-corrected chi connectivity index (χ1v) is 8.77. The molecule has 1 atom stereocenters. The van der Waals surface area contributed by atoms with E-state index in [4.69, 9.17) is 0 Å². The van der Waals surface area contributed by atoms with Crippen molar-refractivity contribution in [1.29, 1.82) is 0 Å². The molecular weight excluding hydrogens is 354 g/mol. The number of nitrogens with zero attached hydrogens (tertiary/aromatic N) is 3. The summed E-state index contributed by atoms with van der Waals surface area (Å²) in [5, 5.41) is 10.9. The molecule has 1 amide bonds. The summed E-state index contributed by atoms with van der Waals surface area (Å²) in [4.78, 5) is 35.5. The number of carbonyl (C=O) groups excluding carboxylic acids is 2. The summed E-state index contributed by atoms with van der Waals surface area (Å²) < 4.78 is 0. The van der Waals surface area contributed by atoms with E-state index in [2.05, 4.69) is 9.97 Å². The van der Waals surface area contributed by atoms with Gasteiger partial charge in [-0.1, -0.05) is 23.8 Å². The molecule has 1 aliphatic rings. The molecule has 6 nitrogen and oxygen atoms in total. The van der Waals surface area contributed by atoms with Gasteiger partial charge >= 0.3 is 0 Å². The highest BCUT2D eigenvalue weighted by Gasteiger charge is 2.47. The second-order valence-corrected chi connectivity index (χ2v) is 6.50. The van der Waals surface area contributed by atoms with Crippen LogP contribution in [0.15, 0.2) is 78.8 Å². The predicted molar refractivity (Wildman–Crippen MR) is 104 cm³/mol. The van der Waals surface area contributed by atoms with Gasteiger partial charge < -0.3 is 5.11 Å². The maximum absolute atomic E-state index is 12.9. The van der Waals surface area contributed by atoms with Crippen LogP contribution in [0.2, 0.25) is 0 Å². The van der Waals surface area contributed by atoms with Crippen molar-refractivity contribution < 1.29 is 14.7 Å². The Bertz CT molecular complexity index is 1060. The zero-order valence-electron chi connectivity index (χ0n) is 15.1. The Morgan fingerprint density at radius 1 is 0.964 bits per heavy atom. The van der Waals surface area contributed by atoms with Crippen LogP contribution in [0.25, 0.3) is 5.76 Å². The molecule has 28 heavy (non-hydrogen) atoms. The van der Waals surface area contributed by atoms with Crippen LogP contribution in [0.4, 0.5) is 5.69 Å². The van der Waals surface area contributed by atoms with Crippen LogP contribution in [0.3, 0.4) is 0 Å². The van der Waals surface area contributed by atoms with Gasteiger partial charge in [-0.05, 0) is 43.3 Å². The number of aliphatic hydroxyl groups excluding tert-OH is 1. The fourth-order valence-electron chi connectivity index (χ4n) is 3.29. The van der Waals surface area contributed by atoms with E-state index in [1.807, 2.05) is 19.1 Å². The number of Topliss-reactive ketones (excluding diaryl/α,β-unsaturated/α-hetero) is 1. The molecule has 0 aliphatic carbocycles. The van der Waals surface area contributed by atoms with Gasteiger partial charge in [0.25, 0.3) is 11.7 Å². The smallest absolute Gasteiger partial charge is 0.300 e. The number of aromatic nitrogens is 2. The molecule has 4 rings (SSSR count). The van der Waals surface area contributed by atoms with E-state index in [-0.39, 0.29) is 11.3 Å². The lowest BCUT2D eigenvalue weighted by Crippen LogP contribution is -2.29. The van der Waals surface area contributed by atoms with Crippen molar-refractivity contribution in [2.45, 2.75) is 13.0 Å². The molecule has 1 N–H and O–H groups in total. The highest BCUT2D eigenvalue weighted by atomic mass is 16.3. The summed E-state index contributed by atoms with van der Waals surface area (Å²) in [6, 6.07) is 14.9. The van der Waals surface area contributed by atoms with Gasteiger partial charge in [0.2, 0.25) is 0 Å². The van der Waals surface area contributed by atoms with Crippen molar-refractivity contribution >= 4 is 23.1 Å². The minimum atomic E-state index is -0.822. The summed E-state index contributed by atoms with van der Waals surface area (Å²) in [6.45, 7) is 1.94. The van der Waals surface area contributed by atoms with Gasteiger partial charge in [-0.15, -0.1) is 0 Å². The number of carbonyl (C=O) groups is 2. The van der Waals surface area contributed by atoms with Crippen molar-refractivity contribution in [3.05, 3.63) is 95.6 Å². The Hall–Kier alpha value is -3.80. The van der Waals surface area contributed by atoms with Gasteiger partial charge in [-0.25, -0.2) is 0 Å². The second-order valence-electron chi connectivity index (χ2n) is 6.50. The number of hydrogen-bond donors (Lipinski definition) is 1. The minimum Gasteiger partial charge on any atom is -0.507 e. The van der Waals surface area contributed by atoms with E-state index in [1.165, 1.54) is 17.3 Å². The molecule has 3 heterocycles. The van der Waals surface area contributed by atoms with Crippen molar-refractivity contribution in [3.63, 3.8) is 0 Å². The van der Waals surface area contributed by atoms with E-state index in [0.717, 1.165) is 5.56 Å². The molecule has 1 saturated heterocycles.